The van der Waals surface area contributed by atoms with Crippen molar-refractivity contribution >= 4 is 27.9 Å². The van der Waals surface area contributed by atoms with E-state index in [0.29, 0.717) is 6.54 Å². The molecular weight excluding hydrogens is 266 g/mol. The maximum Gasteiger partial charge on any atom is 0.133 e. The summed E-state index contributed by atoms with van der Waals surface area (Å²) in [4.78, 5) is 8.37. The highest BCUT2D eigenvalue weighted by Crippen LogP contribution is 2.26. The van der Waals surface area contributed by atoms with Crippen molar-refractivity contribution in [2.45, 2.75) is 30.7 Å². The van der Waals surface area contributed by atoms with Gasteiger partial charge in [0.05, 0.1) is 0 Å². The highest BCUT2D eigenvalue weighted by Gasteiger charge is 2.05. The van der Waals surface area contributed by atoms with Gasteiger partial charge in [-0.1, -0.05) is 18.0 Å². The number of nitrogens with zero attached hydrogens (tertiary/aromatic N) is 5. The summed E-state index contributed by atoms with van der Waals surface area (Å²) in [6.45, 7) is 0.626. The fourth-order valence-electron chi connectivity index (χ4n) is 1.66. The van der Waals surface area contributed by atoms with Gasteiger partial charge < -0.3 is 0 Å². The summed E-state index contributed by atoms with van der Waals surface area (Å²) >= 11 is 3.56. The summed E-state index contributed by atoms with van der Waals surface area (Å²) in [7, 11) is 0. The third-order valence-corrected chi connectivity index (χ3v) is 4.65. The molecular formula is C11H15N5S2. The zero-order valence-corrected chi connectivity index (χ0v) is 11.7. The molecule has 0 spiro atoms. The molecule has 2 rings (SSSR count). The molecule has 0 aliphatic rings. The Bertz CT molecular complexity index is 526. The van der Waals surface area contributed by atoms with Gasteiger partial charge in [-0.05, 0) is 24.1 Å². The molecule has 0 N–H and O–H groups in total. The Hall–Kier alpha value is -1.17. The van der Waals surface area contributed by atoms with Crippen molar-refractivity contribution in [1.29, 1.82) is 0 Å². The molecule has 2 heterocycles. The predicted molar refractivity (Wildman–Crippen MR) is 76.3 cm³/mol. The number of aromatic nitrogens is 2. The first kappa shape index (κ1) is 13.3. The maximum atomic E-state index is 8.13. The van der Waals surface area contributed by atoms with Gasteiger partial charge >= 0.3 is 0 Å². The summed E-state index contributed by atoms with van der Waals surface area (Å²) in [6.07, 6.45) is 8.41. The number of azide groups is 1. The van der Waals surface area contributed by atoms with Crippen LogP contribution in [0, 0.1) is 0 Å². The monoisotopic (exact) mass is 281 g/mol. The summed E-state index contributed by atoms with van der Waals surface area (Å²) in [5.74, 6) is 1.10. The summed E-state index contributed by atoms with van der Waals surface area (Å²) in [6, 6.07) is 0. The van der Waals surface area contributed by atoms with Crippen molar-refractivity contribution < 1.29 is 0 Å². The standard InChI is InChI=1S/C11H15N5S2/c12-15-14-5-3-1-2-4-7-17-10-11-16(9-13-10)6-8-18-11/h6,8-9H,1-5,7H2. The van der Waals surface area contributed by atoms with E-state index in [4.69, 9.17) is 5.53 Å². The van der Waals surface area contributed by atoms with Crippen molar-refractivity contribution in [3.8, 4) is 0 Å². The zero-order valence-electron chi connectivity index (χ0n) is 10.0. The molecule has 5 nitrogen and oxygen atoms in total. The van der Waals surface area contributed by atoms with Crippen molar-refractivity contribution in [3.63, 3.8) is 0 Å². The van der Waals surface area contributed by atoms with Crippen LogP contribution in [0.4, 0.5) is 0 Å². The van der Waals surface area contributed by atoms with Gasteiger partial charge in [0, 0.05) is 23.0 Å². The van der Waals surface area contributed by atoms with E-state index >= 15 is 0 Å². The van der Waals surface area contributed by atoms with Crippen LogP contribution in [0.25, 0.3) is 15.3 Å². The highest BCUT2D eigenvalue weighted by molar-refractivity contribution is 7.99. The lowest BCUT2D eigenvalue weighted by Crippen LogP contribution is -1.84. The molecule has 0 aliphatic carbocycles. The number of unbranched alkanes of at least 4 members (excludes halogenated alkanes) is 3. The van der Waals surface area contributed by atoms with Crippen LogP contribution >= 0.6 is 23.1 Å². The van der Waals surface area contributed by atoms with Crippen molar-refractivity contribution in [1.82, 2.24) is 9.38 Å². The van der Waals surface area contributed by atoms with Crippen LogP contribution in [-0.4, -0.2) is 21.7 Å². The van der Waals surface area contributed by atoms with Gasteiger partial charge in [0.15, 0.2) is 0 Å². The third kappa shape index (κ3) is 3.66. The summed E-state index contributed by atoms with van der Waals surface area (Å²) in [5.41, 5.74) is 8.13. The van der Waals surface area contributed by atoms with E-state index in [2.05, 4.69) is 24.8 Å². The molecule has 0 aliphatic heterocycles. The molecule has 0 unspecified atom stereocenters. The first-order valence-electron chi connectivity index (χ1n) is 5.95. The summed E-state index contributed by atoms with van der Waals surface area (Å²) in [5, 5.41) is 6.74. The minimum atomic E-state index is 0.626. The number of fused-ring (bicyclic) bond motifs is 1. The Morgan fingerprint density at radius 1 is 1.39 bits per heavy atom. The fourth-order valence-corrected chi connectivity index (χ4v) is 3.58. The minimum absolute atomic E-state index is 0.626. The van der Waals surface area contributed by atoms with Crippen LogP contribution in [0.15, 0.2) is 28.0 Å². The van der Waals surface area contributed by atoms with E-state index in [1.165, 1.54) is 17.7 Å². The Balaban J connectivity index is 1.61. The third-order valence-electron chi connectivity index (χ3n) is 2.57. The summed E-state index contributed by atoms with van der Waals surface area (Å²) < 4.78 is 2.06. The second-order valence-corrected chi connectivity index (χ2v) is 5.86. The van der Waals surface area contributed by atoms with E-state index < -0.39 is 0 Å². The average Bonchev–Trinajstić information content (AvgIpc) is 2.96. The lowest BCUT2D eigenvalue weighted by atomic mass is 10.2. The molecule has 0 radical (unpaired) electrons. The molecule has 2 aromatic heterocycles. The van der Waals surface area contributed by atoms with Gasteiger partial charge in [-0.15, -0.1) is 23.1 Å². The van der Waals surface area contributed by atoms with Crippen molar-refractivity contribution in [3.05, 3.63) is 28.3 Å². The van der Waals surface area contributed by atoms with Crippen LogP contribution in [-0.2, 0) is 0 Å². The van der Waals surface area contributed by atoms with Crippen molar-refractivity contribution in [2.75, 3.05) is 12.3 Å². The Labute approximate surface area is 114 Å². The van der Waals surface area contributed by atoms with Gasteiger partial charge in [-0.2, -0.15) is 0 Å². The first-order valence-corrected chi connectivity index (χ1v) is 7.82. The van der Waals surface area contributed by atoms with E-state index in [0.717, 1.165) is 23.6 Å². The SMILES string of the molecule is [N-]=[N+]=NCCCCCCSc1ncn2ccsc12. The first-order chi connectivity index (χ1) is 8.92. The fraction of sp³-hybridized carbons (Fsp3) is 0.545. The lowest BCUT2D eigenvalue weighted by Gasteiger charge is -1.98. The van der Waals surface area contributed by atoms with E-state index in [-0.39, 0.29) is 0 Å². The largest absolute Gasteiger partial charge is 0.296 e. The van der Waals surface area contributed by atoms with E-state index in [9.17, 15) is 0 Å². The number of rotatable bonds is 8. The molecule has 0 bridgehead atoms. The Morgan fingerprint density at radius 3 is 3.17 bits per heavy atom. The number of hydrogen-bond donors (Lipinski definition) is 0. The number of hydrogen-bond acceptors (Lipinski definition) is 4. The van der Waals surface area contributed by atoms with Gasteiger partial charge in [0.2, 0.25) is 0 Å². The van der Waals surface area contributed by atoms with Crippen LogP contribution in [0.2, 0.25) is 0 Å². The van der Waals surface area contributed by atoms with Gasteiger partial charge in [-0.3, -0.25) is 4.40 Å². The Morgan fingerprint density at radius 2 is 2.28 bits per heavy atom. The smallest absolute Gasteiger partial charge is 0.133 e. The lowest BCUT2D eigenvalue weighted by molar-refractivity contribution is 0.676. The quantitative estimate of drug-likeness (QED) is 0.237. The zero-order chi connectivity index (χ0) is 12.6. The minimum Gasteiger partial charge on any atom is -0.296 e. The van der Waals surface area contributed by atoms with Gasteiger partial charge in [-0.25, -0.2) is 4.98 Å². The topological polar surface area (TPSA) is 66.1 Å². The van der Waals surface area contributed by atoms with Crippen molar-refractivity contribution in [2.24, 2.45) is 5.11 Å². The molecule has 7 heteroatoms. The molecule has 96 valence electrons. The molecule has 0 saturated carbocycles. The number of thioether (sulfide) groups is 1. The van der Waals surface area contributed by atoms with Crippen LogP contribution in [0.1, 0.15) is 25.7 Å². The molecule has 0 amide bonds. The van der Waals surface area contributed by atoms with Crippen LogP contribution in [0.3, 0.4) is 0 Å². The molecule has 0 atom stereocenters. The van der Waals surface area contributed by atoms with Crippen LogP contribution in [0.5, 0.6) is 0 Å². The van der Waals surface area contributed by atoms with E-state index in [1.807, 2.05) is 24.3 Å². The highest BCUT2D eigenvalue weighted by atomic mass is 32.2. The number of imidazole rings is 1. The van der Waals surface area contributed by atoms with Gasteiger partial charge in [0.1, 0.15) is 16.2 Å². The molecule has 18 heavy (non-hydrogen) atoms. The molecule has 0 saturated heterocycles. The van der Waals surface area contributed by atoms with Crippen LogP contribution < -0.4 is 0 Å². The maximum absolute atomic E-state index is 8.13. The average molecular weight is 281 g/mol. The number of thiazole rings is 1. The molecule has 2 aromatic rings. The Kier molecular flexibility index (Phi) is 5.38. The second kappa shape index (κ2) is 7.31. The van der Waals surface area contributed by atoms with E-state index in [1.54, 1.807) is 11.3 Å². The normalized spacial score (nSPS) is 10.7. The second-order valence-electron chi connectivity index (χ2n) is 3.88. The molecule has 0 fully saturated rings. The predicted octanol–water partition coefficient (Wildman–Crippen LogP) is 4.36. The van der Waals surface area contributed by atoms with Gasteiger partial charge in [0.25, 0.3) is 0 Å². The molecule has 0 aromatic carbocycles.